The van der Waals surface area contributed by atoms with Crippen LogP contribution in [0.2, 0.25) is 0 Å². The van der Waals surface area contributed by atoms with Gasteiger partial charge in [-0.2, -0.15) is 0 Å². The normalized spacial score (nSPS) is 36.7. The zero-order valence-electron chi connectivity index (χ0n) is 9.82. The summed E-state index contributed by atoms with van der Waals surface area (Å²) in [6.45, 7) is 10.8. The van der Waals surface area contributed by atoms with Crippen LogP contribution in [0.15, 0.2) is 11.1 Å². The molecule has 78 valence electrons. The van der Waals surface area contributed by atoms with Gasteiger partial charge in [0.15, 0.2) is 0 Å². The van der Waals surface area contributed by atoms with Gasteiger partial charge in [0.2, 0.25) is 0 Å². The van der Waals surface area contributed by atoms with Crippen LogP contribution in [0.3, 0.4) is 0 Å². The molecule has 0 heterocycles. The van der Waals surface area contributed by atoms with Crippen LogP contribution in [0.4, 0.5) is 0 Å². The fraction of sp³-hybridized carbons (Fsp3) is 0.667. The molecular weight excluding hydrogens is 176 g/mol. The molecule has 0 aliphatic heterocycles. The van der Waals surface area contributed by atoms with E-state index in [2.05, 4.69) is 0 Å². The first-order chi connectivity index (χ1) is 6.20. The molecule has 0 aromatic heterocycles. The maximum Gasteiger partial charge on any atom is 0.141 e. The van der Waals surface area contributed by atoms with Crippen molar-refractivity contribution in [2.75, 3.05) is 0 Å². The molecule has 0 aromatic rings. The molecule has 1 rings (SSSR count). The summed E-state index contributed by atoms with van der Waals surface area (Å²) in [5, 5.41) is 0. The summed E-state index contributed by atoms with van der Waals surface area (Å²) in [5.74, 6) is 0.164. The monoisotopic (exact) mass is 194 g/mol. The van der Waals surface area contributed by atoms with Gasteiger partial charge in [0.25, 0.3) is 0 Å². The first kappa shape index (κ1) is 11.2. The minimum absolute atomic E-state index is 0.0818. The van der Waals surface area contributed by atoms with Crippen LogP contribution in [-0.4, -0.2) is 11.6 Å². The number of Topliss-reactive ketones (excluding diaryl/α,β-unsaturated/α-hetero) is 2. The molecule has 0 amide bonds. The van der Waals surface area contributed by atoms with E-state index in [0.717, 1.165) is 11.1 Å². The molecule has 0 bridgehead atoms. The highest BCUT2D eigenvalue weighted by atomic mass is 16.1. The van der Waals surface area contributed by atoms with E-state index in [0.29, 0.717) is 0 Å². The highest BCUT2D eigenvalue weighted by Crippen LogP contribution is 2.60. The Morgan fingerprint density at radius 3 is 1.21 bits per heavy atom. The van der Waals surface area contributed by atoms with Gasteiger partial charge in [-0.15, -0.1) is 0 Å². The summed E-state index contributed by atoms with van der Waals surface area (Å²) >= 11 is 0. The highest BCUT2D eigenvalue weighted by Gasteiger charge is 2.61. The summed E-state index contributed by atoms with van der Waals surface area (Å²) in [4.78, 5) is 23.3. The van der Waals surface area contributed by atoms with Crippen LogP contribution in [0.25, 0.3) is 0 Å². The van der Waals surface area contributed by atoms with Crippen LogP contribution in [-0.2, 0) is 9.59 Å². The van der Waals surface area contributed by atoms with Crippen LogP contribution in [0.1, 0.15) is 41.5 Å². The number of allylic oxidation sites excluding steroid dienone is 2. The van der Waals surface area contributed by atoms with Gasteiger partial charge in [-0.25, -0.2) is 0 Å². The third-order valence-corrected chi connectivity index (χ3v) is 4.47. The van der Waals surface area contributed by atoms with Crippen LogP contribution >= 0.6 is 0 Å². The molecule has 0 N–H and O–H groups in total. The second-order valence-corrected chi connectivity index (χ2v) is 4.61. The first-order valence-corrected chi connectivity index (χ1v) is 4.91. The standard InChI is InChI=1S/C12H18O2/c1-7-8(2)12(6,10(4)14)11(7,5)9(3)13/h1-6H3/t11-,12+. The van der Waals surface area contributed by atoms with Gasteiger partial charge in [-0.1, -0.05) is 11.1 Å². The van der Waals surface area contributed by atoms with Gasteiger partial charge < -0.3 is 0 Å². The lowest BCUT2D eigenvalue weighted by molar-refractivity contribution is -0.142. The molecule has 1 aliphatic carbocycles. The van der Waals surface area contributed by atoms with Gasteiger partial charge in [0.1, 0.15) is 11.6 Å². The van der Waals surface area contributed by atoms with Crippen molar-refractivity contribution >= 4 is 11.6 Å². The highest BCUT2D eigenvalue weighted by molar-refractivity contribution is 6.00. The van der Waals surface area contributed by atoms with Crippen molar-refractivity contribution in [2.45, 2.75) is 41.5 Å². The number of carbonyl (C=O) groups excluding carboxylic acids is 2. The summed E-state index contributed by atoms with van der Waals surface area (Å²) in [6, 6.07) is 0. The van der Waals surface area contributed by atoms with Crippen LogP contribution < -0.4 is 0 Å². The molecule has 0 fully saturated rings. The van der Waals surface area contributed by atoms with Crippen molar-refractivity contribution < 1.29 is 9.59 Å². The Bertz CT molecular complexity index is 317. The molecule has 14 heavy (non-hydrogen) atoms. The van der Waals surface area contributed by atoms with Crippen molar-refractivity contribution in [3.05, 3.63) is 11.1 Å². The Labute approximate surface area is 85.4 Å². The molecule has 0 aromatic carbocycles. The minimum Gasteiger partial charge on any atom is -0.299 e. The number of hydrogen-bond donors (Lipinski definition) is 0. The summed E-state index contributed by atoms with van der Waals surface area (Å²) in [6.07, 6.45) is 0. The van der Waals surface area contributed by atoms with E-state index in [1.807, 2.05) is 27.7 Å². The Morgan fingerprint density at radius 1 is 0.857 bits per heavy atom. The summed E-state index contributed by atoms with van der Waals surface area (Å²) < 4.78 is 0. The van der Waals surface area contributed by atoms with Crippen molar-refractivity contribution in [3.63, 3.8) is 0 Å². The molecule has 0 saturated heterocycles. The van der Waals surface area contributed by atoms with E-state index < -0.39 is 10.8 Å². The number of ketones is 2. The number of carbonyl (C=O) groups is 2. The predicted molar refractivity (Wildman–Crippen MR) is 56.0 cm³/mol. The molecule has 1 aliphatic rings. The van der Waals surface area contributed by atoms with E-state index in [4.69, 9.17) is 0 Å². The lowest BCUT2D eigenvalue weighted by atomic mass is 9.46. The molecule has 0 spiro atoms. The Balaban J connectivity index is 3.39. The Hall–Kier alpha value is -0.920. The van der Waals surface area contributed by atoms with E-state index in [-0.39, 0.29) is 11.6 Å². The first-order valence-electron chi connectivity index (χ1n) is 4.91. The van der Waals surface area contributed by atoms with E-state index >= 15 is 0 Å². The van der Waals surface area contributed by atoms with Crippen LogP contribution in [0.5, 0.6) is 0 Å². The van der Waals surface area contributed by atoms with Gasteiger partial charge in [-0.3, -0.25) is 9.59 Å². The van der Waals surface area contributed by atoms with Crippen LogP contribution in [0, 0.1) is 10.8 Å². The van der Waals surface area contributed by atoms with Crippen molar-refractivity contribution in [1.29, 1.82) is 0 Å². The third kappa shape index (κ3) is 0.865. The minimum atomic E-state index is -0.580. The summed E-state index contributed by atoms with van der Waals surface area (Å²) in [5.41, 5.74) is 0.955. The lowest BCUT2D eigenvalue weighted by Crippen LogP contribution is -2.56. The number of rotatable bonds is 2. The topological polar surface area (TPSA) is 34.1 Å². The Morgan fingerprint density at radius 2 is 1.07 bits per heavy atom. The van der Waals surface area contributed by atoms with E-state index in [1.54, 1.807) is 13.8 Å². The second-order valence-electron chi connectivity index (χ2n) is 4.61. The maximum atomic E-state index is 11.6. The quantitative estimate of drug-likeness (QED) is 0.633. The fourth-order valence-electron chi connectivity index (χ4n) is 2.67. The smallest absolute Gasteiger partial charge is 0.141 e. The van der Waals surface area contributed by atoms with Crippen molar-refractivity contribution in [3.8, 4) is 0 Å². The predicted octanol–water partition coefficient (Wildman–Crippen LogP) is 2.53. The third-order valence-electron chi connectivity index (χ3n) is 4.47. The fourth-order valence-corrected chi connectivity index (χ4v) is 2.67. The number of hydrogen-bond acceptors (Lipinski definition) is 2. The molecule has 2 heteroatoms. The average molecular weight is 194 g/mol. The maximum absolute atomic E-state index is 11.6. The van der Waals surface area contributed by atoms with Crippen molar-refractivity contribution in [2.24, 2.45) is 10.8 Å². The van der Waals surface area contributed by atoms with E-state index in [1.165, 1.54) is 0 Å². The lowest BCUT2D eigenvalue weighted by Gasteiger charge is -2.54. The van der Waals surface area contributed by atoms with Gasteiger partial charge in [0, 0.05) is 0 Å². The average Bonchev–Trinajstić information content (AvgIpc) is 2.12. The van der Waals surface area contributed by atoms with Gasteiger partial charge >= 0.3 is 0 Å². The van der Waals surface area contributed by atoms with Gasteiger partial charge in [-0.05, 0) is 41.5 Å². The Kier molecular flexibility index (Phi) is 2.22. The zero-order chi connectivity index (χ0) is 11.3. The second kappa shape index (κ2) is 2.78. The summed E-state index contributed by atoms with van der Waals surface area (Å²) in [7, 11) is 0. The zero-order valence-corrected chi connectivity index (χ0v) is 9.82. The molecule has 0 radical (unpaired) electrons. The SMILES string of the molecule is CC(=O)[C@@]1(C)C(C)=C(C)[C@@]1(C)C(C)=O. The molecule has 2 atom stereocenters. The molecule has 0 unspecified atom stereocenters. The molecule has 0 saturated carbocycles. The molecule has 2 nitrogen and oxygen atoms in total. The molecular formula is C12H18O2. The van der Waals surface area contributed by atoms with Gasteiger partial charge in [0.05, 0.1) is 10.8 Å². The van der Waals surface area contributed by atoms with E-state index in [9.17, 15) is 9.59 Å². The largest absolute Gasteiger partial charge is 0.299 e. The van der Waals surface area contributed by atoms with Crippen molar-refractivity contribution in [1.82, 2.24) is 0 Å².